The second kappa shape index (κ2) is 11.0. The first-order valence-corrected chi connectivity index (χ1v) is 13.3. The topological polar surface area (TPSA) is 138 Å². The Kier molecular flexibility index (Phi) is 7.89. The minimum absolute atomic E-state index is 0.0895. The van der Waals surface area contributed by atoms with Crippen molar-refractivity contribution in [3.05, 3.63) is 81.8 Å². The third-order valence-corrected chi connectivity index (χ3v) is 7.30. The van der Waals surface area contributed by atoms with Crippen LogP contribution in [0.4, 0.5) is 17.1 Å². The highest BCUT2D eigenvalue weighted by Crippen LogP contribution is 2.42. The molecular weight excluding hydrogens is 553 g/mol. The molecule has 0 aliphatic heterocycles. The van der Waals surface area contributed by atoms with E-state index in [2.05, 4.69) is 15.5 Å². The van der Waals surface area contributed by atoms with Gasteiger partial charge in [0.2, 0.25) is 0 Å². The standard InChI is InChI=1S/C26H21Cl2N3O6S/c1-3-16-19(27)10-11-22(38(34,35)36)23(16)30-31-24-17-7-5-4-6-14(17)12-18(25(24)32)26(33)29-21-13-15(37-2)8-9-20(21)28/h4-13,32H,3H2,1-2H3,(H,29,33)(H,34,35,36). The van der Waals surface area contributed by atoms with E-state index < -0.39 is 26.7 Å². The fourth-order valence-corrected chi connectivity index (χ4v) is 4.95. The van der Waals surface area contributed by atoms with E-state index in [1.54, 1.807) is 43.3 Å². The monoisotopic (exact) mass is 573 g/mol. The Morgan fingerprint density at radius 2 is 1.68 bits per heavy atom. The number of amides is 1. The van der Waals surface area contributed by atoms with Gasteiger partial charge in [0.1, 0.15) is 22.0 Å². The summed E-state index contributed by atoms with van der Waals surface area (Å²) in [7, 11) is -3.20. The Morgan fingerprint density at radius 3 is 2.37 bits per heavy atom. The molecule has 0 bridgehead atoms. The highest BCUT2D eigenvalue weighted by molar-refractivity contribution is 7.86. The lowest BCUT2D eigenvalue weighted by Crippen LogP contribution is -2.12. The Hall–Kier alpha value is -3.70. The largest absolute Gasteiger partial charge is 0.505 e. The first-order valence-electron chi connectivity index (χ1n) is 11.1. The Balaban J connectivity index is 1.87. The molecule has 0 aliphatic rings. The van der Waals surface area contributed by atoms with E-state index in [4.69, 9.17) is 27.9 Å². The molecule has 1 amide bonds. The summed E-state index contributed by atoms with van der Waals surface area (Å²) in [6.45, 7) is 1.73. The van der Waals surface area contributed by atoms with Gasteiger partial charge >= 0.3 is 0 Å². The summed E-state index contributed by atoms with van der Waals surface area (Å²) in [5.74, 6) is -0.724. The van der Waals surface area contributed by atoms with Crippen molar-refractivity contribution in [2.24, 2.45) is 10.2 Å². The number of methoxy groups -OCH3 is 1. The van der Waals surface area contributed by atoms with Gasteiger partial charge < -0.3 is 15.2 Å². The quantitative estimate of drug-likeness (QED) is 0.156. The third kappa shape index (κ3) is 5.44. The average molecular weight is 574 g/mol. The third-order valence-electron chi connectivity index (χ3n) is 5.73. The van der Waals surface area contributed by atoms with Crippen LogP contribution in [0.1, 0.15) is 22.8 Å². The molecule has 0 spiro atoms. The molecule has 0 aromatic heterocycles. The van der Waals surface area contributed by atoms with Gasteiger partial charge in [0.25, 0.3) is 16.0 Å². The van der Waals surface area contributed by atoms with Crippen molar-refractivity contribution in [1.29, 1.82) is 0 Å². The smallest absolute Gasteiger partial charge is 0.296 e. The van der Waals surface area contributed by atoms with Gasteiger partial charge in [-0.05, 0) is 47.7 Å². The zero-order valence-electron chi connectivity index (χ0n) is 20.1. The molecule has 38 heavy (non-hydrogen) atoms. The summed E-state index contributed by atoms with van der Waals surface area (Å²) in [5.41, 5.74) is 0.192. The van der Waals surface area contributed by atoms with E-state index in [9.17, 15) is 22.9 Å². The summed E-state index contributed by atoms with van der Waals surface area (Å²) in [4.78, 5) is 12.7. The maximum atomic E-state index is 13.2. The second-order valence-electron chi connectivity index (χ2n) is 8.04. The molecule has 0 saturated heterocycles. The first kappa shape index (κ1) is 27.3. The number of nitrogens with one attached hydrogen (secondary N) is 1. The maximum absolute atomic E-state index is 13.2. The lowest BCUT2D eigenvalue weighted by molar-refractivity contribution is 0.102. The number of carbonyl (C=O) groups is 1. The number of aromatic hydroxyl groups is 1. The van der Waals surface area contributed by atoms with E-state index >= 15 is 0 Å². The number of ether oxygens (including phenoxy) is 1. The molecule has 4 aromatic rings. The number of carbonyl (C=O) groups excluding carboxylic acids is 1. The van der Waals surface area contributed by atoms with Crippen molar-refractivity contribution < 1.29 is 27.6 Å². The molecule has 0 heterocycles. The highest BCUT2D eigenvalue weighted by Gasteiger charge is 2.22. The van der Waals surface area contributed by atoms with Gasteiger partial charge in [0, 0.05) is 16.5 Å². The summed E-state index contributed by atoms with van der Waals surface area (Å²) >= 11 is 12.5. The zero-order chi connectivity index (χ0) is 27.6. The van der Waals surface area contributed by atoms with E-state index in [0.29, 0.717) is 22.1 Å². The number of azo groups is 1. The predicted molar refractivity (Wildman–Crippen MR) is 146 cm³/mol. The Morgan fingerprint density at radius 1 is 1.00 bits per heavy atom. The van der Waals surface area contributed by atoms with Crippen LogP contribution in [0.3, 0.4) is 0 Å². The Labute approximate surface area is 228 Å². The zero-order valence-corrected chi connectivity index (χ0v) is 22.4. The van der Waals surface area contributed by atoms with Crippen molar-refractivity contribution >= 4 is 67.1 Å². The van der Waals surface area contributed by atoms with Gasteiger partial charge in [-0.1, -0.05) is 54.4 Å². The van der Waals surface area contributed by atoms with Gasteiger partial charge in [-0.3, -0.25) is 9.35 Å². The lowest BCUT2D eigenvalue weighted by Gasteiger charge is -2.13. The fraction of sp³-hybridized carbons (Fsp3) is 0.115. The average Bonchev–Trinajstić information content (AvgIpc) is 2.88. The number of nitrogens with zero attached hydrogens (tertiary/aromatic N) is 2. The molecular formula is C26H21Cl2N3O6S. The van der Waals surface area contributed by atoms with Crippen molar-refractivity contribution in [3.63, 3.8) is 0 Å². The van der Waals surface area contributed by atoms with Gasteiger partial charge in [-0.25, -0.2) is 0 Å². The molecule has 0 atom stereocenters. The fourth-order valence-electron chi connectivity index (χ4n) is 3.85. The minimum atomic E-state index is -4.67. The molecule has 9 nitrogen and oxygen atoms in total. The predicted octanol–water partition coefficient (Wildman–Crippen LogP) is 7.34. The number of benzene rings is 4. The number of rotatable bonds is 7. The van der Waals surface area contributed by atoms with Gasteiger partial charge in [-0.2, -0.15) is 8.42 Å². The van der Waals surface area contributed by atoms with Crippen LogP contribution >= 0.6 is 23.2 Å². The molecule has 12 heteroatoms. The maximum Gasteiger partial charge on any atom is 0.296 e. The molecule has 0 fully saturated rings. The molecule has 0 aliphatic carbocycles. The lowest BCUT2D eigenvalue weighted by atomic mass is 10.0. The summed E-state index contributed by atoms with van der Waals surface area (Å²) in [6, 6.07) is 15.5. The number of anilines is 1. The van der Waals surface area contributed by atoms with E-state index in [-0.39, 0.29) is 39.1 Å². The number of hydrogen-bond donors (Lipinski definition) is 3. The van der Waals surface area contributed by atoms with Gasteiger partial charge in [0.15, 0.2) is 5.75 Å². The van der Waals surface area contributed by atoms with Crippen molar-refractivity contribution in [2.75, 3.05) is 12.4 Å². The SMILES string of the molecule is CCc1c(Cl)ccc(S(=O)(=O)O)c1N=Nc1c(O)c(C(=O)Nc2cc(OC)ccc2Cl)cc2ccccc12. The van der Waals surface area contributed by atoms with Crippen LogP contribution < -0.4 is 10.1 Å². The molecule has 0 radical (unpaired) electrons. The molecule has 3 N–H and O–H groups in total. The second-order valence-corrected chi connectivity index (χ2v) is 10.2. The van der Waals surface area contributed by atoms with Crippen LogP contribution in [0, 0.1) is 0 Å². The highest BCUT2D eigenvalue weighted by atomic mass is 35.5. The molecule has 0 unspecified atom stereocenters. The van der Waals surface area contributed by atoms with Crippen LogP contribution in [-0.4, -0.2) is 31.1 Å². The van der Waals surface area contributed by atoms with Gasteiger partial charge in [0.05, 0.1) is 23.4 Å². The van der Waals surface area contributed by atoms with Gasteiger partial charge in [-0.15, -0.1) is 10.2 Å². The van der Waals surface area contributed by atoms with Crippen LogP contribution in [0.15, 0.2) is 75.8 Å². The number of halogens is 2. The van der Waals surface area contributed by atoms with E-state index in [0.717, 1.165) is 6.07 Å². The van der Waals surface area contributed by atoms with Crippen LogP contribution in [0.5, 0.6) is 11.5 Å². The first-order chi connectivity index (χ1) is 18.0. The van der Waals surface area contributed by atoms with Crippen molar-refractivity contribution in [2.45, 2.75) is 18.2 Å². The molecule has 196 valence electrons. The Bertz CT molecular complexity index is 1710. The number of hydrogen-bond acceptors (Lipinski definition) is 7. The van der Waals surface area contributed by atoms with Crippen LogP contribution in [-0.2, 0) is 16.5 Å². The summed E-state index contributed by atoms with van der Waals surface area (Å²) in [5, 5.41) is 23.5. The molecule has 4 rings (SSSR count). The summed E-state index contributed by atoms with van der Waals surface area (Å²) in [6.07, 6.45) is 0.285. The minimum Gasteiger partial charge on any atom is -0.505 e. The van der Waals surface area contributed by atoms with E-state index in [1.807, 2.05) is 0 Å². The van der Waals surface area contributed by atoms with E-state index in [1.165, 1.54) is 25.3 Å². The molecule has 4 aromatic carbocycles. The van der Waals surface area contributed by atoms with Crippen molar-refractivity contribution in [3.8, 4) is 11.5 Å². The number of phenolic OH excluding ortho intramolecular Hbond substituents is 1. The number of phenols is 1. The van der Waals surface area contributed by atoms with Crippen LogP contribution in [0.25, 0.3) is 10.8 Å². The normalized spacial score (nSPS) is 11.7. The van der Waals surface area contributed by atoms with Crippen molar-refractivity contribution in [1.82, 2.24) is 0 Å². The van der Waals surface area contributed by atoms with Crippen LogP contribution in [0.2, 0.25) is 10.0 Å². The number of fused-ring (bicyclic) bond motifs is 1. The molecule has 0 saturated carbocycles. The summed E-state index contributed by atoms with van der Waals surface area (Å²) < 4.78 is 38.9.